The summed E-state index contributed by atoms with van der Waals surface area (Å²) in [4.78, 5) is 25.2. The summed E-state index contributed by atoms with van der Waals surface area (Å²) in [5, 5.41) is 2.81. The van der Waals surface area contributed by atoms with Crippen molar-refractivity contribution in [3.63, 3.8) is 0 Å². The van der Waals surface area contributed by atoms with Gasteiger partial charge in [0.25, 0.3) is 5.91 Å². The highest BCUT2D eigenvalue weighted by Crippen LogP contribution is 2.16. The van der Waals surface area contributed by atoms with Crippen LogP contribution in [0.1, 0.15) is 16.8 Å². The molecule has 0 aliphatic carbocycles. The number of anilines is 1. The number of amides is 1. The zero-order chi connectivity index (χ0) is 19.8. The van der Waals surface area contributed by atoms with Gasteiger partial charge in [-0.2, -0.15) is 8.78 Å². The Hall–Kier alpha value is -2.81. The van der Waals surface area contributed by atoms with Gasteiger partial charge >= 0.3 is 6.61 Å². The lowest BCUT2D eigenvalue weighted by atomic mass is 10.2. The molecule has 1 amide bonds. The Morgan fingerprint density at radius 2 is 1.89 bits per heavy atom. The van der Waals surface area contributed by atoms with E-state index in [0.29, 0.717) is 12.1 Å². The standard InChI is InChI=1S/C19H23F2N5O2/c20-18(21)28-16-5-1-4-15(14-16)17(27)22-8-3-9-25-10-12-26(13-11-25)19-23-6-2-7-24-19/h1-2,4-7,14,18H,3,8-13H2,(H,22,27). The zero-order valence-corrected chi connectivity index (χ0v) is 15.4. The molecule has 0 atom stereocenters. The summed E-state index contributed by atoms with van der Waals surface area (Å²) < 4.78 is 28.8. The van der Waals surface area contributed by atoms with Gasteiger partial charge in [-0.25, -0.2) is 9.97 Å². The van der Waals surface area contributed by atoms with Gasteiger partial charge in [0, 0.05) is 50.7 Å². The van der Waals surface area contributed by atoms with E-state index < -0.39 is 6.61 Å². The molecule has 7 nitrogen and oxygen atoms in total. The summed E-state index contributed by atoms with van der Waals surface area (Å²) in [6.45, 7) is 2.05. The van der Waals surface area contributed by atoms with Crippen molar-refractivity contribution in [3.8, 4) is 5.75 Å². The normalized spacial score (nSPS) is 14.9. The number of aromatic nitrogens is 2. The topological polar surface area (TPSA) is 70.6 Å². The number of piperazine rings is 1. The molecular weight excluding hydrogens is 368 g/mol. The van der Waals surface area contributed by atoms with E-state index in [1.54, 1.807) is 24.5 Å². The molecule has 1 saturated heterocycles. The van der Waals surface area contributed by atoms with Crippen LogP contribution in [0.2, 0.25) is 0 Å². The van der Waals surface area contributed by atoms with Gasteiger partial charge in [-0.05, 0) is 37.2 Å². The molecule has 1 aliphatic rings. The highest BCUT2D eigenvalue weighted by molar-refractivity contribution is 5.94. The first-order valence-electron chi connectivity index (χ1n) is 9.19. The maximum atomic E-state index is 12.3. The van der Waals surface area contributed by atoms with Crippen molar-refractivity contribution in [2.45, 2.75) is 13.0 Å². The monoisotopic (exact) mass is 391 g/mol. The lowest BCUT2D eigenvalue weighted by Crippen LogP contribution is -2.47. The van der Waals surface area contributed by atoms with Gasteiger partial charge in [-0.1, -0.05) is 6.07 Å². The molecule has 2 aromatic rings. The number of nitrogens with zero attached hydrogens (tertiary/aromatic N) is 4. The average molecular weight is 391 g/mol. The molecule has 1 aromatic carbocycles. The van der Waals surface area contributed by atoms with Gasteiger partial charge in [-0.3, -0.25) is 9.69 Å². The third-order valence-corrected chi connectivity index (χ3v) is 4.47. The number of halogens is 2. The molecule has 0 spiro atoms. The molecule has 0 unspecified atom stereocenters. The second-order valence-electron chi connectivity index (χ2n) is 6.39. The number of hydrogen-bond acceptors (Lipinski definition) is 6. The van der Waals surface area contributed by atoms with Crippen LogP contribution in [0.4, 0.5) is 14.7 Å². The van der Waals surface area contributed by atoms with Gasteiger partial charge in [0.2, 0.25) is 5.95 Å². The summed E-state index contributed by atoms with van der Waals surface area (Å²) in [6, 6.07) is 7.59. The Morgan fingerprint density at radius 3 is 2.61 bits per heavy atom. The quantitative estimate of drug-likeness (QED) is 0.695. The molecule has 1 N–H and O–H groups in total. The molecule has 0 saturated carbocycles. The Kier molecular flexibility index (Phi) is 7.07. The van der Waals surface area contributed by atoms with Crippen molar-refractivity contribution in [1.82, 2.24) is 20.2 Å². The van der Waals surface area contributed by atoms with Crippen LogP contribution in [-0.4, -0.2) is 66.7 Å². The molecule has 9 heteroatoms. The largest absolute Gasteiger partial charge is 0.435 e. The Bertz CT molecular complexity index is 755. The minimum atomic E-state index is -2.91. The first-order valence-corrected chi connectivity index (χ1v) is 9.19. The number of rotatable bonds is 8. The summed E-state index contributed by atoms with van der Waals surface area (Å²) >= 11 is 0. The van der Waals surface area contributed by atoms with Gasteiger partial charge in [0.15, 0.2) is 0 Å². The number of hydrogen-bond donors (Lipinski definition) is 1. The van der Waals surface area contributed by atoms with E-state index in [2.05, 4.69) is 29.8 Å². The summed E-state index contributed by atoms with van der Waals surface area (Å²) in [6.07, 6.45) is 4.29. The second kappa shape index (κ2) is 9.93. The molecule has 28 heavy (non-hydrogen) atoms. The van der Waals surface area contributed by atoms with E-state index in [1.807, 2.05) is 0 Å². The lowest BCUT2D eigenvalue weighted by Gasteiger charge is -2.34. The molecular formula is C19H23F2N5O2. The van der Waals surface area contributed by atoms with E-state index in [9.17, 15) is 13.6 Å². The highest BCUT2D eigenvalue weighted by atomic mass is 19.3. The predicted octanol–water partition coefficient (Wildman–Crippen LogP) is 2.02. The van der Waals surface area contributed by atoms with Crippen LogP contribution in [0.15, 0.2) is 42.7 Å². The molecule has 3 rings (SSSR count). The lowest BCUT2D eigenvalue weighted by molar-refractivity contribution is -0.0498. The number of ether oxygens (including phenoxy) is 1. The van der Waals surface area contributed by atoms with Crippen LogP contribution in [0, 0.1) is 0 Å². The molecule has 1 aromatic heterocycles. The van der Waals surface area contributed by atoms with E-state index >= 15 is 0 Å². The van der Waals surface area contributed by atoms with Crippen LogP contribution in [0.5, 0.6) is 5.75 Å². The molecule has 1 aliphatic heterocycles. The highest BCUT2D eigenvalue weighted by Gasteiger charge is 2.18. The Morgan fingerprint density at radius 1 is 1.14 bits per heavy atom. The summed E-state index contributed by atoms with van der Waals surface area (Å²) in [7, 11) is 0. The van der Waals surface area contributed by atoms with Crippen LogP contribution in [-0.2, 0) is 0 Å². The molecule has 0 radical (unpaired) electrons. The Labute approximate surface area is 162 Å². The molecule has 0 bridgehead atoms. The van der Waals surface area contributed by atoms with Crippen molar-refractivity contribution in [1.29, 1.82) is 0 Å². The second-order valence-corrected chi connectivity index (χ2v) is 6.39. The van der Waals surface area contributed by atoms with E-state index in [-0.39, 0.29) is 11.7 Å². The third-order valence-electron chi connectivity index (χ3n) is 4.47. The smallest absolute Gasteiger partial charge is 0.387 e. The zero-order valence-electron chi connectivity index (χ0n) is 15.4. The Balaban J connectivity index is 1.35. The first-order chi connectivity index (χ1) is 13.6. The summed E-state index contributed by atoms with van der Waals surface area (Å²) in [5.41, 5.74) is 0.301. The van der Waals surface area contributed by atoms with Crippen molar-refractivity contribution in [2.24, 2.45) is 0 Å². The van der Waals surface area contributed by atoms with Crippen LogP contribution >= 0.6 is 0 Å². The number of carbonyl (C=O) groups is 1. The predicted molar refractivity (Wildman–Crippen MR) is 101 cm³/mol. The van der Waals surface area contributed by atoms with Crippen molar-refractivity contribution in [2.75, 3.05) is 44.2 Å². The van der Waals surface area contributed by atoms with Crippen LogP contribution in [0.25, 0.3) is 0 Å². The van der Waals surface area contributed by atoms with Gasteiger partial charge < -0.3 is 15.0 Å². The number of alkyl halides is 2. The van der Waals surface area contributed by atoms with Gasteiger partial charge in [0.1, 0.15) is 5.75 Å². The van der Waals surface area contributed by atoms with Crippen molar-refractivity contribution in [3.05, 3.63) is 48.3 Å². The minimum absolute atomic E-state index is 0.0251. The fraction of sp³-hybridized carbons (Fsp3) is 0.421. The van der Waals surface area contributed by atoms with E-state index in [1.165, 1.54) is 18.2 Å². The number of carbonyl (C=O) groups excluding carboxylic acids is 1. The number of nitrogens with one attached hydrogen (secondary N) is 1. The van der Waals surface area contributed by atoms with Crippen molar-refractivity contribution < 1.29 is 18.3 Å². The van der Waals surface area contributed by atoms with Crippen LogP contribution in [0.3, 0.4) is 0 Å². The van der Waals surface area contributed by atoms with E-state index in [0.717, 1.165) is 45.1 Å². The fourth-order valence-electron chi connectivity index (χ4n) is 3.05. The molecule has 2 heterocycles. The average Bonchev–Trinajstić information content (AvgIpc) is 2.72. The van der Waals surface area contributed by atoms with Gasteiger partial charge in [0.05, 0.1) is 0 Å². The molecule has 150 valence electrons. The minimum Gasteiger partial charge on any atom is -0.435 e. The maximum absolute atomic E-state index is 12.3. The number of benzene rings is 1. The van der Waals surface area contributed by atoms with Crippen molar-refractivity contribution >= 4 is 11.9 Å². The maximum Gasteiger partial charge on any atom is 0.387 e. The van der Waals surface area contributed by atoms with Gasteiger partial charge in [-0.15, -0.1) is 0 Å². The van der Waals surface area contributed by atoms with E-state index in [4.69, 9.17) is 0 Å². The third kappa shape index (κ3) is 5.85. The van der Waals surface area contributed by atoms with Crippen LogP contribution < -0.4 is 15.0 Å². The SMILES string of the molecule is O=C(NCCCN1CCN(c2ncccn2)CC1)c1cccc(OC(F)F)c1. The fourth-order valence-corrected chi connectivity index (χ4v) is 3.05. The molecule has 1 fully saturated rings. The first kappa shape index (κ1) is 19.9. The summed E-state index contributed by atoms with van der Waals surface area (Å²) in [5.74, 6) is 0.432.